The number of nitrogens with one attached hydrogen (secondary N) is 1. The van der Waals surface area contributed by atoms with Gasteiger partial charge in [0.25, 0.3) is 5.91 Å². The van der Waals surface area contributed by atoms with Crippen LogP contribution in [0.25, 0.3) is 0 Å². The number of carbonyl (C=O) groups excluding carboxylic acids is 2. The molecule has 1 amide bonds. The second-order valence-electron chi connectivity index (χ2n) is 6.87. The molecule has 0 unspecified atom stereocenters. The average Bonchev–Trinajstić information content (AvgIpc) is 3.03. The summed E-state index contributed by atoms with van der Waals surface area (Å²) in [5, 5.41) is 2.83. The maximum Gasteiger partial charge on any atom is 0.310 e. The molecule has 5 heteroatoms. The van der Waals surface area contributed by atoms with E-state index in [4.69, 9.17) is 9.15 Å². The second-order valence-corrected chi connectivity index (χ2v) is 6.87. The molecule has 0 aliphatic carbocycles. The first-order valence-electron chi connectivity index (χ1n) is 9.01. The van der Waals surface area contributed by atoms with Gasteiger partial charge < -0.3 is 14.5 Å². The Morgan fingerprint density at radius 2 is 1.73 bits per heavy atom. The molecule has 0 fully saturated rings. The highest BCUT2D eigenvalue weighted by Gasteiger charge is 2.20. The van der Waals surface area contributed by atoms with E-state index in [-0.39, 0.29) is 24.2 Å². The van der Waals surface area contributed by atoms with Crippen molar-refractivity contribution in [1.82, 2.24) is 0 Å². The summed E-state index contributed by atoms with van der Waals surface area (Å²) in [5.74, 6) is 1.14. The maximum absolute atomic E-state index is 12.5. The van der Waals surface area contributed by atoms with Crippen molar-refractivity contribution < 1.29 is 18.7 Å². The molecule has 0 aliphatic rings. The van der Waals surface area contributed by atoms with Gasteiger partial charge in [-0.05, 0) is 42.2 Å². The Bertz CT molecular complexity index is 731. The number of amides is 1. The van der Waals surface area contributed by atoms with E-state index in [0.29, 0.717) is 24.0 Å². The fourth-order valence-electron chi connectivity index (χ4n) is 2.71. The van der Waals surface area contributed by atoms with Crippen LogP contribution in [0.2, 0.25) is 0 Å². The van der Waals surface area contributed by atoms with E-state index in [0.717, 1.165) is 16.9 Å². The molecule has 1 N–H and O–H groups in total. The Balaban J connectivity index is 2.08. The van der Waals surface area contributed by atoms with Gasteiger partial charge in [-0.3, -0.25) is 9.59 Å². The van der Waals surface area contributed by atoms with Gasteiger partial charge >= 0.3 is 5.97 Å². The average molecular weight is 357 g/mol. The molecule has 140 valence electrons. The molecular weight excluding hydrogens is 330 g/mol. The van der Waals surface area contributed by atoms with E-state index >= 15 is 0 Å². The summed E-state index contributed by atoms with van der Waals surface area (Å²) in [6, 6.07) is 8.95. The number of furan rings is 1. The molecule has 0 spiro atoms. The van der Waals surface area contributed by atoms with Crippen LogP contribution in [0.15, 0.2) is 34.7 Å². The number of anilines is 1. The van der Waals surface area contributed by atoms with Crippen LogP contribution in [-0.2, 0) is 16.0 Å². The van der Waals surface area contributed by atoms with Crippen molar-refractivity contribution in [2.24, 2.45) is 0 Å². The lowest BCUT2D eigenvalue weighted by Crippen LogP contribution is -2.11. The number of benzene rings is 1. The van der Waals surface area contributed by atoms with Crippen LogP contribution in [0.4, 0.5) is 5.69 Å². The van der Waals surface area contributed by atoms with Crippen molar-refractivity contribution in [2.45, 2.75) is 52.9 Å². The quantitative estimate of drug-likeness (QED) is 0.717. The van der Waals surface area contributed by atoms with Gasteiger partial charge in [0.1, 0.15) is 5.76 Å². The normalized spacial score (nSPS) is 11.0. The third-order valence-corrected chi connectivity index (χ3v) is 4.03. The first-order chi connectivity index (χ1) is 12.3. The second kappa shape index (κ2) is 8.70. The standard InChI is InChI=1S/C21H27NO4/c1-6-25-19(23)11-15-7-9-16(10-8-15)22-21(24)18-12-17(13(2)3)20(26-18)14(4)5/h7-10,12-14H,6,11H2,1-5H3,(H,22,24). The van der Waals surface area contributed by atoms with E-state index in [9.17, 15) is 9.59 Å². The van der Waals surface area contributed by atoms with Gasteiger partial charge in [-0.1, -0.05) is 39.8 Å². The molecule has 5 nitrogen and oxygen atoms in total. The van der Waals surface area contributed by atoms with Crippen LogP contribution in [0.1, 0.15) is 73.9 Å². The summed E-state index contributed by atoms with van der Waals surface area (Å²) >= 11 is 0. The topological polar surface area (TPSA) is 68.5 Å². The van der Waals surface area contributed by atoms with Crippen LogP contribution in [0, 0.1) is 0 Å². The van der Waals surface area contributed by atoms with E-state index in [1.807, 2.05) is 6.07 Å². The number of hydrogen-bond acceptors (Lipinski definition) is 4. The molecule has 1 heterocycles. The number of esters is 1. The number of carbonyl (C=O) groups is 2. The van der Waals surface area contributed by atoms with Crippen molar-refractivity contribution in [3.8, 4) is 0 Å². The van der Waals surface area contributed by atoms with Crippen LogP contribution in [-0.4, -0.2) is 18.5 Å². The van der Waals surface area contributed by atoms with Gasteiger partial charge in [0.2, 0.25) is 0 Å². The molecule has 0 atom stereocenters. The van der Waals surface area contributed by atoms with Gasteiger partial charge in [0, 0.05) is 11.6 Å². The van der Waals surface area contributed by atoms with Gasteiger partial charge in [0.15, 0.2) is 5.76 Å². The van der Waals surface area contributed by atoms with Crippen molar-refractivity contribution in [3.05, 3.63) is 53.0 Å². The molecule has 2 rings (SSSR count). The highest BCUT2D eigenvalue weighted by molar-refractivity contribution is 6.02. The third kappa shape index (κ3) is 4.97. The van der Waals surface area contributed by atoms with E-state index in [2.05, 4.69) is 33.0 Å². The molecule has 26 heavy (non-hydrogen) atoms. The summed E-state index contributed by atoms with van der Waals surface area (Å²) in [6.45, 7) is 10.4. The van der Waals surface area contributed by atoms with E-state index < -0.39 is 0 Å². The zero-order chi connectivity index (χ0) is 19.3. The molecule has 0 radical (unpaired) electrons. The largest absolute Gasteiger partial charge is 0.466 e. The third-order valence-electron chi connectivity index (χ3n) is 4.03. The summed E-state index contributed by atoms with van der Waals surface area (Å²) in [6.07, 6.45) is 0.218. The Morgan fingerprint density at radius 1 is 1.08 bits per heavy atom. The lowest BCUT2D eigenvalue weighted by Gasteiger charge is -2.07. The molecule has 0 bridgehead atoms. The van der Waals surface area contributed by atoms with E-state index in [1.54, 1.807) is 31.2 Å². The minimum Gasteiger partial charge on any atom is -0.466 e. The summed E-state index contributed by atoms with van der Waals surface area (Å²) in [4.78, 5) is 24.0. The Hall–Kier alpha value is -2.56. The minimum atomic E-state index is -0.281. The fourth-order valence-corrected chi connectivity index (χ4v) is 2.71. The Morgan fingerprint density at radius 3 is 2.23 bits per heavy atom. The van der Waals surface area contributed by atoms with Crippen LogP contribution >= 0.6 is 0 Å². The van der Waals surface area contributed by atoms with Gasteiger partial charge in [-0.25, -0.2) is 0 Å². The lowest BCUT2D eigenvalue weighted by molar-refractivity contribution is -0.142. The van der Waals surface area contributed by atoms with Crippen LogP contribution < -0.4 is 5.32 Å². The lowest BCUT2D eigenvalue weighted by atomic mass is 9.98. The van der Waals surface area contributed by atoms with Crippen LogP contribution in [0.3, 0.4) is 0 Å². The van der Waals surface area contributed by atoms with Crippen molar-refractivity contribution in [1.29, 1.82) is 0 Å². The minimum absolute atomic E-state index is 0.218. The zero-order valence-electron chi connectivity index (χ0n) is 16.1. The first-order valence-corrected chi connectivity index (χ1v) is 9.01. The van der Waals surface area contributed by atoms with Gasteiger partial charge in [-0.2, -0.15) is 0 Å². The number of hydrogen-bond donors (Lipinski definition) is 1. The molecule has 0 saturated carbocycles. The van der Waals surface area contributed by atoms with Crippen molar-refractivity contribution in [3.63, 3.8) is 0 Å². The highest BCUT2D eigenvalue weighted by atomic mass is 16.5. The number of rotatable bonds is 7. The van der Waals surface area contributed by atoms with Crippen molar-refractivity contribution >= 4 is 17.6 Å². The van der Waals surface area contributed by atoms with E-state index in [1.165, 1.54) is 0 Å². The molecule has 1 aromatic heterocycles. The Kier molecular flexibility index (Phi) is 6.61. The predicted octanol–water partition coefficient (Wildman–Crippen LogP) is 4.88. The molecule has 0 saturated heterocycles. The molecule has 1 aromatic carbocycles. The predicted molar refractivity (Wildman–Crippen MR) is 102 cm³/mol. The summed E-state index contributed by atoms with van der Waals surface area (Å²) < 4.78 is 10.7. The molecular formula is C21H27NO4. The molecule has 0 aliphatic heterocycles. The van der Waals surface area contributed by atoms with Gasteiger partial charge in [-0.15, -0.1) is 0 Å². The molecule has 2 aromatic rings. The SMILES string of the molecule is CCOC(=O)Cc1ccc(NC(=O)c2cc(C(C)C)c(C(C)C)o2)cc1. The maximum atomic E-state index is 12.5. The smallest absolute Gasteiger partial charge is 0.310 e. The van der Waals surface area contributed by atoms with Gasteiger partial charge in [0.05, 0.1) is 13.0 Å². The first kappa shape index (κ1) is 19.8. The summed E-state index contributed by atoms with van der Waals surface area (Å²) in [7, 11) is 0. The zero-order valence-corrected chi connectivity index (χ0v) is 16.1. The van der Waals surface area contributed by atoms with Crippen LogP contribution in [0.5, 0.6) is 0 Å². The van der Waals surface area contributed by atoms with Crippen molar-refractivity contribution in [2.75, 3.05) is 11.9 Å². The fraction of sp³-hybridized carbons (Fsp3) is 0.429. The summed E-state index contributed by atoms with van der Waals surface area (Å²) in [5.41, 5.74) is 2.55. The number of ether oxygens (including phenoxy) is 1. The highest BCUT2D eigenvalue weighted by Crippen LogP contribution is 2.29. The Labute approximate surface area is 154 Å². The monoisotopic (exact) mass is 357 g/mol.